The second-order valence-corrected chi connectivity index (χ2v) is 1.89. The molecule has 0 atom stereocenters. The number of imide groups is 1. The van der Waals surface area contributed by atoms with E-state index in [1.165, 1.54) is 6.92 Å². The van der Waals surface area contributed by atoms with Crippen LogP contribution in [0.4, 0.5) is 4.79 Å². The highest BCUT2D eigenvalue weighted by Crippen LogP contribution is 1.81. The zero-order valence-corrected chi connectivity index (χ0v) is 6.29. The fourth-order valence-electron chi connectivity index (χ4n) is 0.409. The summed E-state index contributed by atoms with van der Waals surface area (Å²) in [5.74, 6) is -0.459. The first-order valence-corrected chi connectivity index (χ1v) is 3.22. The first-order chi connectivity index (χ1) is 5.16. The van der Waals surface area contributed by atoms with Crippen molar-refractivity contribution in [1.29, 1.82) is 0 Å². The summed E-state index contributed by atoms with van der Waals surface area (Å²) < 4.78 is 4.46. The Bertz CT molecular complexity index is 146. The van der Waals surface area contributed by atoms with Crippen LogP contribution in [0.5, 0.6) is 0 Å². The minimum Gasteiger partial charge on any atom is -0.449 e. The van der Waals surface area contributed by atoms with Gasteiger partial charge in [0.15, 0.2) is 0 Å². The van der Waals surface area contributed by atoms with E-state index in [1.807, 2.05) is 5.32 Å². The van der Waals surface area contributed by atoms with E-state index in [2.05, 4.69) is 4.74 Å². The molecular formula is C6H11NO4. The maximum Gasteiger partial charge on any atom is 0.413 e. The van der Waals surface area contributed by atoms with Crippen molar-refractivity contribution in [1.82, 2.24) is 5.32 Å². The van der Waals surface area contributed by atoms with Crippen molar-refractivity contribution >= 4 is 12.0 Å². The zero-order chi connectivity index (χ0) is 8.69. The number of carbonyl (C=O) groups excluding carboxylic acids is 2. The van der Waals surface area contributed by atoms with E-state index in [0.29, 0.717) is 6.42 Å². The highest BCUT2D eigenvalue weighted by atomic mass is 16.5. The number of aliphatic hydroxyl groups is 1. The van der Waals surface area contributed by atoms with Crippen LogP contribution in [0.1, 0.15) is 13.3 Å². The lowest BCUT2D eigenvalue weighted by atomic mass is 10.5. The van der Waals surface area contributed by atoms with E-state index in [-0.39, 0.29) is 13.2 Å². The summed E-state index contributed by atoms with van der Waals surface area (Å²) in [6.45, 7) is 1.30. The van der Waals surface area contributed by atoms with Gasteiger partial charge in [-0.3, -0.25) is 10.1 Å². The number of hydrogen-bond donors (Lipinski definition) is 2. The first-order valence-electron chi connectivity index (χ1n) is 3.22. The largest absolute Gasteiger partial charge is 0.449 e. The second kappa shape index (κ2) is 5.67. The summed E-state index contributed by atoms with van der Waals surface area (Å²) in [4.78, 5) is 20.7. The third-order valence-electron chi connectivity index (χ3n) is 0.814. The Hall–Kier alpha value is -1.10. The van der Waals surface area contributed by atoms with Crippen molar-refractivity contribution < 1.29 is 19.4 Å². The average Bonchev–Trinajstić information content (AvgIpc) is 1.86. The van der Waals surface area contributed by atoms with Gasteiger partial charge in [0.1, 0.15) is 0 Å². The van der Waals surface area contributed by atoms with Gasteiger partial charge in [0.25, 0.3) is 0 Å². The van der Waals surface area contributed by atoms with Crippen LogP contribution >= 0.6 is 0 Å². The molecule has 0 aromatic heterocycles. The van der Waals surface area contributed by atoms with Crippen LogP contribution in [0.15, 0.2) is 0 Å². The Morgan fingerprint density at radius 1 is 1.55 bits per heavy atom. The van der Waals surface area contributed by atoms with Gasteiger partial charge in [0, 0.05) is 20.0 Å². The topological polar surface area (TPSA) is 75.6 Å². The average molecular weight is 161 g/mol. The minimum atomic E-state index is -0.772. The summed E-state index contributed by atoms with van der Waals surface area (Å²) in [5, 5.41) is 10.2. The molecule has 2 N–H and O–H groups in total. The molecule has 0 aliphatic heterocycles. The minimum absolute atomic E-state index is 0.0344. The maximum atomic E-state index is 10.5. The van der Waals surface area contributed by atoms with Gasteiger partial charge in [-0.25, -0.2) is 4.79 Å². The second-order valence-electron chi connectivity index (χ2n) is 1.89. The number of nitrogens with one attached hydrogen (secondary N) is 1. The SMILES string of the molecule is CC(=O)NC(=O)OCCCO. The fourth-order valence-corrected chi connectivity index (χ4v) is 0.409. The van der Waals surface area contributed by atoms with Crippen LogP contribution in [-0.4, -0.2) is 30.3 Å². The lowest BCUT2D eigenvalue weighted by Crippen LogP contribution is -2.29. The molecule has 0 radical (unpaired) electrons. The molecule has 0 aromatic rings. The standard InChI is InChI=1S/C6H11NO4/c1-5(9)7-6(10)11-4-2-3-8/h8H,2-4H2,1H3,(H,7,9,10). The van der Waals surface area contributed by atoms with Crippen molar-refractivity contribution in [3.8, 4) is 0 Å². The molecular weight excluding hydrogens is 150 g/mol. The molecule has 0 rings (SSSR count). The summed E-state index contributed by atoms with van der Waals surface area (Å²) in [6, 6.07) is 0. The van der Waals surface area contributed by atoms with Crippen LogP contribution in [0.2, 0.25) is 0 Å². The van der Waals surface area contributed by atoms with Gasteiger partial charge in [0.05, 0.1) is 6.61 Å². The molecule has 0 aliphatic carbocycles. The van der Waals surface area contributed by atoms with Crippen molar-refractivity contribution in [3.63, 3.8) is 0 Å². The summed E-state index contributed by atoms with van der Waals surface area (Å²) >= 11 is 0. The molecule has 0 aliphatic rings. The highest BCUT2D eigenvalue weighted by molar-refractivity contribution is 5.90. The molecule has 0 saturated carbocycles. The van der Waals surface area contributed by atoms with Gasteiger partial charge in [0.2, 0.25) is 5.91 Å². The molecule has 0 spiro atoms. The third-order valence-corrected chi connectivity index (χ3v) is 0.814. The molecule has 0 bridgehead atoms. The van der Waals surface area contributed by atoms with E-state index in [4.69, 9.17) is 5.11 Å². The first kappa shape index (κ1) is 9.90. The van der Waals surface area contributed by atoms with Crippen molar-refractivity contribution in [2.45, 2.75) is 13.3 Å². The van der Waals surface area contributed by atoms with Crippen molar-refractivity contribution in [2.75, 3.05) is 13.2 Å². The predicted octanol–water partition coefficient (Wildman–Crippen LogP) is -0.358. The van der Waals surface area contributed by atoms with Gasteiger partial charge in [-0.05, 0) is 0 Å². The van der Waals surface area contributed by atoms with Crippen LogP contribution < -0.4 is 5.32 Å². The summed E-state index contributed by atoms with van der Waals surface area (Å²) in [7, 11) is 0. The number of hydrogen-bond acceptors (Lipinski definition) is 4. The van der Waals surface area contributed by atoms with Crippen molar-refractivity contribution in [2.24, 2.45) is 0 Å². The maximum absolute atomic E-state index is 10.5. The number of aliphatic hydroxyl groups excluding tert-OH is 1. The number of carbonyl (C=O) groups is 2. The van der Waals surface area contributed by atoms with E-state index < -0.39 is 12.0 Å². The van der Waals surface area contributed by atoms with Gasteiger partial charge in [-0.2, -0.15) is 0 Å². The third kappa shape index (κ3) is 6.79. The molecule has 0 fully saturated rings. The number of ether oxygens (including phenoxy) is 1. The Morgan fingerprint density at radius 3 is 2.64 bits per heavy atom. The molecule has 5 heteroatoms. The van der Waals surface area contributed by atoms with E-state index in [9.17, 15) is 9.59 Å². The van der Waals surface area contributed by atoms with Gasteiger partial charge < -0.3 is 9.84 Å². The molecule has 0 aromatic carbocycles. The van der Waals surface area contributed by atoms with Crippen LogP contribution in [0.25, 0.3) is 0 Å². The molecule has 5 nitrogen and oxygen atoms in total. The normalized spacial score (nSPS) is 8.91. The van der Waals surface area contributed by atoms with E-state index in [0.717, 1.165) is 0 Å². The molecule has 0 unspecified atom stereocenters. The zero-order valence-electron chi connectivity index (χ0n) is 6.29. The lowest BCUT2D eigenvalue weighted by Gasteiger charge is -2.01. The van der Waals surface area contributed by atoms with E-state index >= 15 is 0 Å². The van der Waals surface area contributed by atoms with Gasteiger partial charge >= 0.3 is 6.09 Å². The Balaban J connectivity index is 3.30. The quantitative estimate of drug-likeness (QED) is 0.554. The van der Waals surface area contributed by atoms with Crippen LogP contribution in [-0.2, 0) is 9.53 Å². The highest BCUT2D eigenvalue weighted by Gasteiger charge is 2.02. The molecule has 0 saturated heterocycles. The molecule has 64 valence electrons. The van der Waals surface area contributed by atoms with Crippen molar-refractivity contribution in [3.05, 3.63) is 0 Å². The smallest absolute Gasteiger partial charge is 0.413 e. The molecule has 2 amide bonds. The molecule has 11 heavy (non-hydrogen) atoms. The number of amides is 2. The monoisotopic (exact) mass is 161 g/mol. The van der Waals surface area contributed by atoms with Gasteiger partial charge in [-0.15, -0.1) is 0 Å². The van der Waals surface area contributed by atoms with Crippen LogP contribution in [0.3, 0.4) is 0 Å². The predicted molar refractivity (Wildman–Crippen MR) is 36.9 cm³/mol. The Kier molecular flexibility index (Phi) is 5.10. The summed E-state index contributed by atoms with van der Waals surface area (Å²) in [5.41, 5.74) is 0. The Morgan fingerprint density at radius 2 is 2.18 bits per heavy atom. The lowest BCUT2D eigenvalue weighted by molar-refractivity contribution is -0.118. The number of rotatable bonds is 3. The number of alkyl carbamates (subject to hydrolysis) is 1. The van der Waals surface area contributed by atoms with E-state index in [1.54, 1.807) is 0 Å². The fraction of sp³-hybridized carbons (Fsp3) is 0.667. The van der Waals surface area contributed by atoms with Gasteiger partial charge in [-0.1, -0.05) is 0 Å². The summed E-state index contributed by atoms with van der Waals surface area (Å²) in [6.07, 6.45) is -0.392. The van der Waals surface area contributed by atoms with Crippen LogP contribution in [0, 0.1) is 0 Å². The Labute approximate surface area is 64.3 Å². The molecule has 0 heterocycles.